The predicted molar refractivity (Wildman–Crippen MR) is 66.4 cm³/mol. The van der Waals surface area contributed by atoms with Crippen molar-refractivity contribution in [3.05, 3.63) is 11.6 Å². The van der Waals surface area contributed by atoms with E-state index >= 15 is 0 Å². The van der Waals surface area contributed by atoms with Crippen molar-refractivity contribution >= 4 is 5.97 Å². The molecule has 0 amide bonds. The van der Waals surface area contributed by atoms with Crippen LogP contribution in [-0.4, -0.2) is 12.6 Å². The third kappa shape index (κ3) is 1.30. The molecule has 1 aliphatic heterocycles. The molecule has 1 heterocycles. The summed E-state index contributed by atoms with van der Waals surface area (Å²) in [5, 5.41) is 0. The Morgan fingerprint density at radius 1 is 1.41 bits per heavy atom. The van der Waals surface area contributed by atoms with E-state index in [0.717, 1.165) is 12.8 Å². The number of cyclic esters (lactones) is 1. The van der Waals surface area contributed by atoms with Crippen LogP contribution in [0.5, 0.6) is 0 Å². The van der Waals surface area contributed by atoms with E-state index in [2.05, 4.69) is 26.8 Å². The van der Waals surface area contributed by atoms with Crippen LogP contribution in [0, 0.1) is 22.7 Å². The Kier molecular flexibility index (Phi) is 2.24. The summed E-state index contributed by atoms with van der Waals surface area (Å²) in [6.07, 6.45) is 6.82. The highest BCUT2D eigenvalue weighted by molar-refractivity contribution is 5.80. The molecule has 2 aliphatic carbocycles. The van der Waals surface area contributed by atoms with Gasteiger partial charge in [-0.25, -0.2) is 0 Å². The van der Waals surface area contributed by atoms with E-state index in [4.69, 9.17) is 4.74 Å². The summed E-state index contributed by atoms with van der Waals surface area (Å²) in [6, 6.07) is 0. The van der Waals surface area contributed by atoms with Crippen LogP contribution in [0.4, 0.5) is 0 Å². The average Bonchev–Trinajstić information content (AvgIpc) is 2.70. The molecule has 17 heavy (non-hydrogen) atoms. The van der Waals surface area contributed by atoms with Gasteiger partial charge in [0.05, 0.1) is 12.0 Å². The molecule has 3 rings (SSSR count). The molecular weight excluding hydrogens is 212 g/mol. The standard InChI is InChI=1S/C15H22O2/c1-10-4-5-12-11(8-10)9-15(14(12,2)3)6-7-17-13(15)16/h8,11-12H,4-7,9H2,1-3H3/t11-,12-,15+/m0/s1. The molecule has 1 spiro atoms. The smallest absolute Gasteiger partial charge is 0.312 e. The van der Waals surface area contributed by atoms with Crippen LogP contribution in [0.15, 0.2) is 11.6 Å². The van der Waals surface area contributed by atoms with Crippen LogP contribution in [0.25, 0.3) is 0 Å². The zero-order valence-corrected chi connectivity index (χ0v) is 11.1. The first-order chi connectivity index (χ1) is 7.97. The van der Waals surface area contributed by atoms with E-state index in [-0.39, 0.29) is 16.8 Å². The molecule has 0 aromatic carbocycles. The third-order valence-electron chi connectivity index (χ3n) is 5.76. The lowest BCUT2D eigenvalue weighted by Crippen LogP contribution is -2.40. The van der Waals surface area contributed by atoms with Gasteiger partial charge in [0, 0.05) is 0 Å². The molecule has 1 saturated carbocycles. The van der Waals surface area contributed by atoms with Crippen molar-refractivity contribution in [1.82, 2.24) is 0 Å². The largest absolute Gasteiger partial charge is 0.465 e. The number of hydrogen-bond donors (Lipinski definition) is 0. The number of esters is 1. The van der Waals surface area contributed by atoms with Gasteiger partial charge < -0.3 is 4.74 Å². The van der Waals surface area contributed by atoms with Crippen molar-refractivity contribution in [1.29, 1.82) is 0 Å². The fraction of sp³-hybridized carbons (Fsp3) is 0.800. The van der Waals surface area contributed by atoms with Gasteiger partial charge in [0.15, 0.2) is 0 Å². The zero-order chi connectivity index (χ0) is 12.3. The Morgan fingerprint density at radius 2 is 2.18 bits per heavy atom. The highest BCUT2D eigenvalue weighted by Gasteiger charge is 2.64. The Balaban J connectivity index is 2.02. The lowest BCUT2D eigenvalue weighted by atomic mass is 9.62. The van der Waals surface area contributed by atoms with Gasteiger partial charge in [0.25, 0.3) is 0 Å². The molecule has 2 nitrogen and oxygen atoms in total. The molecule has 94 valence electrons. The molecule has 3 aliphatic rings. The van der Waals surface area contributed by atoms with Crippen molar-refractivity contribution in [2.45, 2.75) is 46.5 Å². The minimum atomic E-state index is -0.191. The van der Waals surface area contributed by atoms with Crippen molar-refractivity contribution in [3.8, 4) is 0 Å². The second kappa shape index (κ2) is 3.37. The summed E-state index contributed by atoms with van der Waals surface area (Å²) in [7, 11) is 0. The third-order valence-corrected chi connectivity index (χ3v) is 5.76. The van der Waals surface area contributed by atoms with Gasteiger partial charge in [-0.1, -0.05) is 25.5 Å². The SMILES string of the molecule is CC1=C[C@H]2C[C@@]3(CCOC3=O)C(C)(C)[C@H]2CC1. The van der Waals surface area contributed by atoms with Gasteiger partial charge >= 0.3 is 5.97 Å². The molecule has 3 atom stereocenters. The van der Waals surface area contributed by atoms with E-state index in [0.29, 0.717) is 18.4 Å². The molecule has 0 aromatic rings. The summed E-state index contributed by atoms with van der Waals surface area (Å²) in [5.41, 5.74) is 1.41. The lowest BCUT2D eigenvalue weighted by Gasteiger charge is -2.39. The van der Waals surface area contributed by atoms with Crippen LogP contribution >= 0.6 is 0 Å². The number of allylic oxidation sites excluding steroid dienone is 2. The number of hydrogen-bond acceptors (Lipinski definition) is 2. The van der Waals surface area contributed by atoms with Crippen molar-refractivity contribution < 1.29 is 9.53 Å². The predicted octanol–water partition coefficient (Wildman–Crippen LogP) is 3.32. The summed E-state index contributed by atoms with van der Waals surface area (Å²) in [6.45, 7) is 7.43. The Hall–Kier alpha value is -0.790. The second-order valence-electron chi connectivity index (χ2n) is 6.72. The molecule has 2 heteroatoms. The monoisotopic (exact) mass is 234 g/mol. The summed E-state index contributed by atoms with van der Waals surface area (Å²) < 4.78 is 5.30. The number of carbonyl (C=O) groups is 1. The van der Waals surface area contributed by atoms with E-state index in [1.807, 2.05) is 0 Å². The Bertz CT molecular complexity index is 394. The molecule has 0 unspecified atom stereocenters. The summed E-state index contributed by atoms with van der Waals surface area (Å²) in [5.74, 6) is 1.34. The summed E-state index contributed by atoms with van der Waals surface area (Å²) in [4.78, 5) is 12.2. The van der Waals surface area contributed by atoms with Gasteiger partial charge in [0.2, 0.25) is 0 Å². The fourth-order valence-electron chi connectivity index (χ4n) is 4.61. The minimum Gasteiger partial charge on any atom is -0.465 e. The lowest BCUT2D eigenvalue weighted by molar-refractivity contribution is -0.151. The van der Waals surface area contributed by atoms with Gasteiger partial charge in [-0.05, 0) is 49.9 Å². The van der Waals surface area contributed by atoms with E-state index in [9.17, 15) is 4.79 Å². The topological polar surface area (TPSA) is 26.3 Å². The number of ether oxygens (including phenoxy) is 1. The van der Waals surface area contributed by atoms with Gasteiger partial charge in [-0.3, -0.25) is 4.79 Å². The second-order valence-corrected chi connectivity index (χ2v) is 6.72. The first kappa shape index (κ1) is 11.3. The van der Waals surface area contributed by atoms with Crippen LogP contribution in [-0.2, 0) is 9.53 Å². The van der Waals surface area contributed by atoms with Gasteiger partial charge in [-0.2, -0.15) is 0 Å². The zero-order valence-electron chi connectivity index (χ0n) is 11.1. The van der Waals surface area contributed by atoms with E-state index < -0.39 is 0 Å². The first-order valence-electron chi connectivity index (χ1n) is 6.82. The Morgan fingerprint density at radius 3 is 2.82 bits per heavy atom. The Labute approximate surface area is 103 Å². The maximum absolute atomic E-state index is 12.2. The van der Waals surface area contributed by atoms with E-state index in [1.165, 1.54) is 18.4 Å². The van der Waals surface area contributed by atoms with Gasteiger partial charge in [0.1, 0.15) is 0 Å². The van der Waals surface area contributed by atoms with Crippen molar-refractivity contribution in [3.63, 3.8) is 0 Å². The van der Waals surface area contributed by atoms with Crippen molar-refractivity contribution in [2.75, 3.05) is 6.61 Å². The molecule has 0 N–H and O–H groups in total. The number of rotatable bonds is 0. The van der Waals surface area contributed by atoms with Crippen LogP contribution in [0.3, 0.4) is 0 Å². The van der Waals surface area contributed by atoms with Crippen LogP contribution < -0.4 is 0 Å². The highest BCUT2D eigenvalue weighted by atomic mass is 16.5. The normalized spacial score (nSPS) is 43.5. The average molecular weight is 234 g/mol. The first-order valence-corrected chi connectivity index (χ1v) is 6.82. The maximum atomic E-state index is 12.2. The van der Waals surface area contributed by atoms with Gasteiger partial charge in [-0.15, -0.1) is 0 Å². The van der Waals surface area contributed by atoms with Crippen molar-refractivity contribution in [2.24, 2.45) is 22.7 Å². The maximum Gasteiger partial charge on any atom is 0.312 e. The quantitative estimate of drug-likeness (QED) is 0.475. The molecule has 1 saturated heterocycles. The highest BCUT2D eigenvalue weighted by Crippen LogP contribution is 2.65. The molecule has 0 radical (unpaired) electrons. The number of carbonyl (C=O) groups excluding carboxylic acids is 1. The minimum absolute atomic E-state index is 0.0722. The molecule has 2 fully saturated rings. The van der Waals surface area contributed by atoms with Crippen LogP contribution in [0.2, 0.25) is 0 Å². The summed E-state index contributed by atoms with van der Waals surface area (Å²) >= 11 is 0. The molecule has 0 bridgehead atoms. The fourth-order valence-corrected chi connectivity index (χ4v) is 4.61. The van der Waals surface area contributed by atoms with E-state index in [1.54, 1.807) is 0 Å². The molecular formula is C15H22O2. The number of fused-ring (bicyclic) bond motifs is 1. The molecule has 0 aromatic heterocycles. The van der Waals surface area contributed by atoms with Crippen LogP contribution in [0.1, 0.15) is 46.5 Å².